The average Bonchev–Trinajstić information content (AvgIpc) is 3.01. The summed E-state index contributed by atoms with van der Waals surface area (Å²) in [5.41, 5.74) is 3.11. The standard InChI is InChI=1S/C18H26N2O.ClH/c1-13-5-3-6-14(2)17(13)18(21)20-11-8-15(9-12-20)16-7-4-10-19-16;/h3,5-6,15-16,19H,4,7-12H2,1-2H3;1H. The van der Waals surface area contributed by atoms with Crippen molar-refractivity contribution < 1.29 is 4.79 Å². The lowest BCUT2D eigenvalue weighted by molar-refractivity contribution is 0.0673. The summed E-state index contributed by atoms with van der Waals surface area (Å²) in [5, 5.41) is 3.62. The number of carbonyl (C=O) groups excluding carboxylic acids is 1. The fraction of sp³-hybridized carbons (Fsp3) is 0.611. The molecule has 1 N–H and O–H groups in total. The molecule has 0 saturated carbocycles. The number of benzene rings is 1. The minimum Gasteiger partial charge on any atom is -0.339 e. The van der Waals surface area contributed by atoms with Gasteiger partial charge in [0.25, 0.3) is 5.91 Å². The average molecular weight is 323 g/mol. The Labute approximate surface area is 139 Å². The van der Waals surface area contributed by atoms with Crippen molar-refractivity contribution in [2.45, 2.75) is 45.6 Å². The van der Waals surface area contributed by atoms with Gasteiger partial charge in [0.15, 0.2) is 0 Å². The Morgan fingerprint density at radius 1 is 1.14 bits per heavy atom. The van der Waals surface area contributed by atoms with Crippen LogP contribution in [-0.4, -0.2) is 36.5 Å². The van der Waals surface area contributed by atoms with E-state index in [1.165, 1.54) is 19.4 Å². The molecule has 122 valence electrons. The number of carbonyl (C=O) groups is 1. The molecule has 1 aromatic rings. The molecule has 2 aliphatic heterocycles. The first kappa shape index (κ1) is 17.3. The van der Waals surface area contributed by atoms with Crippen molar-refractivity contribution in [1.29, 1.82) is 0 Å². The van der Waals surface area contributed by atoms with Gasteiger partial charge in [-0.25, -0.2) is 0 Å². The molecule has 0 aromatic heterocycles. The van der Waals surface area contributed by atoms with E-state index in [9.17, 15) is 4.79 Å². The highest BCUT2D eigenvalue weighted by Gasteiger charge is 2.30. The van der Waals surface area contributed by atoms with E-state index in [4.69, 9.17) is 0 Å². The fourth-order valence-corrected chi connectivity index (χ4v) is 3.93. The summed E-state index contributed by atoms with van der Waals surface area (Å²) in [7, 11) is 0. The van der Waals surface area contributed by atoms with Gasteiger partial charge in [-0.3, -0.25) is 4.79 Å². The van der Waals surface area contributed by atoms with Gasteiger partial charge in [-0.1, -0.05) is 18.2 Å². The number of halogens is 1. The molecule has 1 unspecified atom stereocenters. The second-order valence-corrected chi connectivity index (χ2v) is 6.60. The summed E-state index contributed by atoms with van der Waals surface area (Å²) < 4.78 is 0. The quantitative estimate of drug-likeness (QED) is 0.905. The van der Waals surface area contributed by atoms with Crippen LogP contribution in [0.5, 0.6) is 0 Å². The minimum absolute atomic E-state index is 0. The molecule has 2 heterocycles. The van der Waals surface area contributed by atoms with Gasteiger partial charge >= 0.3 is 0 Å². The highest BCUT2D eigenvalue weighted by atomic mass is 35.5. The van der Waals surface area contributed by atoms with E-state index >= 15 is 0 Å². The second kappa shape index (κ2) is 7.47. The Kier molecular flexibility index (Phi) is 5.87. The first-order chi connectivity index (χ1) is 10.2. The van der Waals surface area contributed by atoms with Crippen LogP contribution in [0.4, 0.5) is 0 Å². The normalized spacial score (nSPS) is 22.5. The zero-order valence-corrected chi connectivity index (χ0v) is 14.4. The van der Waals surface area contributed by atoms with Crippen molar-refractivity contribution in [3.05, 3.63) is 34.9 Å². The Morgan fingerprint density at radius 3 is 2.32 bits per heavy atom. The maximum atomic E-state index is 12.8. The minimum atomic E-state index is 0. The van der Waals surface area contributed by atoms with E-state index in [1.807, 2.05) is 32.0 Å². The summed E-state index contributed by atoms with van der Waals surface area (Å²) in [6.45, 7) is 7.07. The predicted molar refractivity (Wildman–Crippen MR) is 92.8 cm³/mol. The molecular formula is C18H27ClN2O. The van der Waals surface area contributed by atoms with E-state index in [2.05, 4.69) is 10.2 Å². The van der Waals surface area contributed by atoms with Gasteiger partial charge in [0.05, 0.1) is 0 Å². The lowest BCUT2D eigenvalue weighted by Gasteiger charge is -2.35. The zero-order chi connectivity index (χ0) is 14.8. The third-order valence-corrected chi connectivity index (χ3v) is 5.19. The molecule has 2 fully saturated rings. The molecule has 0 aliphatic carbocycles. The van der Waals surface area contributed by atoms with Crippen LogP contribution in [0.2, 0.25) is 0 Å². The van der Waals surface area contributed by atoms with Gasteiger partial charge in [0, 0.05) is 24.7 Å². The van der Waals surface area contributed by atoms with E-state index in [1.54, 1.807) is 0 Å². The zero-order valence-electron chi connectivity index (χ0n) is 13.6. The fourth-order valence-electron chi connectivity index (χ4n) is 3.93. The molecule has 22 heavy (non-hydrogen) atoms. The molecule has 3 rings (SSSR count). The smallest absolute Gasteiger partial charge is 0.254 e. The Hall–Kier alpha value is -1.06. The van der Waals surface area contributed by atoms with Crippen LogP contribution in [0.25, 0.3) is 0 Å². The van der Waals surface area contributed by atoms with Gasteiger partial charge in [0.1, 0.15) is 0 Å². The van der Waals surface area contributed by atoms with E-state index in [0.29, 0.717) is 6.04 Å². The van der Waals surface area contributed by atoms with E-state index in [0.717, 1.165) is 48.5 Å². The number of aryl methyl sites for hydroxylation is 2. The maximum absolute atomic E-state index is 12.8. The number of piperidine rings is 1. The van der Waals surface area contributed by atoms with Gasteiger partial charge in [-0.05, 0) is 63.1 Å². The van der Waals surface area contributed by atoms with Crippen molar-refractivity contribution in [3.63, 3.8) is 0 Å². The molecular weight excluding hydrogens is 296 g/mol. The number of hydrogen-bond acceptors (Lipinski definition) is 2. The van der Waals surface area contributed by atoms with Crippen LogP contribution in [0.3, 0.4) is 0 Å². The van der Waals surface area contributed by atoms with E-state index < -0.39 is 0 Å². The largest absolute Gasteiger partial charge is 0.339 e. The van der Waals surface area contributed by atoms with E-state index in [-0.39, 0.29) is 18.3 Å². The maximum Gasteiger partial charge on any atom is 0.254 e. The monoisotopic (exact) mass is 322 g/mol. The molecule has 2 aliphatic rings. The Bertz CT molecular complexity index is 498. The highest BCUT2D eigenvalue weighted by Crippen LogP contribution is 2.27. The van der Waals surface area contributed by atoms with Crippen molar-refractivity contribution in [1.82, 2.24) is 10.2 Å². The van der Waals surface area contributed by atoms with Crippen LogP contribution < -0.4 is 5.32 Å². The number of hydrogen-bond donors (Lipinski definition) is 1. The van der Waals surface area contributed by atoms with Gasteiger partial charge in [-0.15, -0.1) is 12.4 Å². The topological polar surface area (TPSA) is 32.3 Å². The van der Waals surface area contributed by atoms with Crippen LogP contribution in [-0.2, 0) is 0 Å². The predicted octanol–water partition coefficient (Wildman–Crippen LogP) is 3.33. The molecule has 4 heteroatoms. The number of rotatable bonds is 2. The van der Waals surface area contributed by atoms with Gasteiger partial charge < -0.3 is 10.2 Å². The summed E-state index contributed by atoms with van der Waals surface area (Å²) in [6.07, 6.45) is 4.92. The summed E-state index contributed by atoms with van der Waals surface area (Å²) in [6, 6.07) is 6.80. The van der Waals surface area contributed by atoms with Crippen LogP contribution in [0, 0.1) is 19.8 Å². The van der Waals surface area contributed by atoms with Crippen molar-refractivity contribution in [2.75, 3.05) is 19.6 Å². The molecule has 0 bridgehead atoms. The Balaban J connectivity index is 0.00000176. The molecule has 1 aromatic carbocycles. The van der Waals surface area contributed by atoms with Crippen molar-refractivity contribution in [2.24, 2.45) is 5.92 Å². The lowest BCUT2D eigenvalue weighted by Crippen LogP contribution is -2.43. The van der Waals surface area contributed by atoms with Gasteiger partial charge in [0.2, 0.25) is 0 Å². The second-order valence-electron chi connectivity index (χ2n) is 6.60. The SMILES string of the molecule is Cc1cccc(C)c1C(=O)N1CCC(C2CCCN2)CC1.Cl. The summed E-state index contributed by atoms with van der Waals surface area (Å²) >= 11 is 0. The first-order valence-corrected chi connectivity index (χ1v) is 8.25. The van der Waals surface area contributed by atoms with Crippen LogP contribution >= 0.6 is 12.4 Å². The number of likely N-dealkylation sites (tertiary alicyclic amines) is 1. The molecule has 1 atom stereocenters. The van der Waals surface area contributed by atoms with Crippen molar-refractivity contribution >= 4 is 18.3 Å². The van der Waals surface area contributed by atoms with Crippen LogP contribution in [0.1, 0.15) is 47.2 Å². The summed E-state index contributed by atoms with van der Waals surface area (Å²) in [4.78, 5) is 14.8. The first-order valence-electron chi connectivity index (χ1n) is 8.25. The lowest BCUT2D eigenvalue weighted by atomic mass is 9.88. The third kappa shape index (κ3) is 3.47. The number of nitrogens with zero attached hydrogens (tertiary/aromatic N) is 1. The highest BCUT2D eigenvalue weighted by molar-refractivity contribution is 5.97. The molecule has 0 spiro atoms. The Morgan fingerprint density at radius 2 is 1.77 bits per heavy atom. The third-order valence-electron chi connectivity index (χ3n) is 5.19. The van der Waals surface area contributed by atoms with Crippen molar-refractivity contribution in [3.8, 4) is 0 Å². The summed E-state index contributed by atoms with van der Waals surface area (Å²) in [5.74, 6) is 0.984. The number of nitrogens with one attached hydrogen (secondary N) is 1. The molecule has 2 saturated heterocycles. The molecule has 3 nitrogen and oxygen atoms in total. The number of amides is 1. The van der Waals surface area contributed by atoms with Crippen LogP contribution in [0.15, 0.2) is 18.2 Å². The van der Waals surface area contributed by atoms with Gasteiger partial charge in [-0.2, -0.15) is 0 Å². The molecule has 0 radical (unpaired) electrons. The molecule has 1 amide bonds.